The lowest BCUT2D eigenvalue weighted by Crippen LogP contribution is -2.12. The van der Waals surface area contributed by atoms with Crippen LogP contribution in [0.1, 0.15) is 5.82 Å². The quantitative estimate of drug-likeness (QED) is 0.478. The van der Waals surface area contributed by atoms with Crippen LogP contribution in [0.3, 0.4) is 0 Å². The maximum absolute atomic E-state index is 7.16. The van der Waals surface area contributed by atoms with E-state index in [-0.39, 0.29) is 5.84 Å². The van der Waals surface area contributed by atoms with Crippen molar-refractivity contribution in [3.8, 4) is 11.4 Å². The molecule has 0 saturated heterocycles. The minimum atomic E-state index is -0.111. The lowest BCUT2D eigenvalue weighted by molar-refractivity contribution is 1.07. The van der Waals surface area contributed by atoms with Gasteiger partial charge >= 0.3 is 0 Å². The lowest BCUT2D eigenvalue weighted by atomic mass is 10.2. The number of amidine groups is 1. The largest absolute Gasteiger partial charge is 0.381 e. The van der Waals surface area contributed by atoms with Crippen LogP contribution < -0.4 is 5.73 Å². The third kappa shape index (κ3) is 1.47. The predicted octanol–water partition coefficient (Wildman–Crippen LogP) is 0.756. The van der Waals surface area contributed by atoms with Gasteiger partial charge in [-0.25, -0.2) is 4.98 Å². The van der Waals surface area contributed by atoms with Gasteiger partial charge in [0.15, 0.2) is 17.5 Å². The van der Waals surface area contributed by atoms with E-state index in [1.165, 1.54) is 0 Å². The molecule has 0 unspecified atom stereocenters. The summed E-state index contributed by atoms with van der Waals surface area (Å²) >= 11 is 0. The second-order valence-electron chi connectivity index (χ2n) is 2.79. The standard InChI is InChI=1S/C9H9N5/c10-7(11)9-12-8(13-14-9)6-4-2-1-3-5-6/h1-5H,(H3,10,11)(H,12,13,14). The Morgan fingerprint density at radius 3 is 2.57 bits per heavy atom. The van der Waals surface area contributed by atoms with Crippen LogP contribution >= 0.6 is 0 Å². The topological polar surface area (TPSA) is 91.4 Å². The number of rotatable bonds is 2. The van der Waals surface area contributed by atoms with Gasteiger partial charge in [0.1, 0.15) is 0 Å². The van der Waals surface area contributed by atoms with Crippen molar-refractivity contribution in [2.24, 2.45) is 5.73 Å². The fourth-order valence-electron chi connectivity index (χ4n) is 1.10. The van der Waals surface area contributed by atoms with Crippen molar-refractivity contribution in [1.29, 1.82) is 5.41 Å². The summed E-state index contributed by atoms with van der Waals surface area (Å²) in [6, 6.07) is 9.51. The SMILES string of the molecule is N=C(N)c1nc(-c2ccccc2)n[nH]1. The zero-order chi connectivity index (χ0) is 9.97. The Morgan fingerprint density at radius 2 is 2.00 bits per heavy atom. The molecule has 14 heavy (non-hydrogen) atoms. The van der Waals surface area contributed by atoms with E-state index in [0.717, 1.165) is 5.56 Å². The molecule has 1 heterocycles. The molecular formula is C9H9N5. The molecule has 70 valence electrons. The molecule has 0 fully saturated rings. The summed E-state index contributed by atoms with van der Waals surface area (Å²) in [5, 5.41) is 13.7. The zero-order valence-electron chi connectivity index (χ0n) is 7.36. The first-order chi connectivity index (χ1) is 6.77. The normalized spacial score (nSPS) is 10.0. The van der Waals surface area contributed by atoms with E-state index in [1.807, 2.05) is 30.3 Å². The summed E-state index contributed by atoms with van der Waals surface area (Å²) in [6.45, 7) is 0. The van der Waals surface area contributed by atoms with Crippen molar-refractivity contribution in [3.05, 3.63) is 36.2 Å². The van der Waals surface area contributed by atoms with Gasteiger partial charge in [0.25, 0.3) is 0 Å². The molecule has 0 aliphatic heterocycles. The number of hydrogen-bond acceptors (Lipinski definition) is 3. The van der Waals surface area contributed by atoms with Crippen molar-refractivity contribution < 1.29 is 0 Å². The van der Waals surface area contributed by atoms with Gasteiger partial charge in [0.05, 0.1) is 0 Å². The molecule has 1 aromatic heterocycles. The minimum Gasteiger partial charge on any atom is -0.381 e. The average molecular weight is 187 g/mol. The molecule has 0 amide bonds. The fraction of sp³-hybridized carbons (Fsp3) is 0. The number of nitrogens with two attached hydrogens (primary N) is 1. The highest BCUT2D eigenvalue weighted by atomic mass is 15.2. The summed E-state index contributed by atoms with van der Waals surface area (Å²) in [5.74, 6) is 0.735. The van der Waals surface area contributed by atoms with E-state index in [4.69, 9.17) is 11.1 Å². The molecule has 2 aromatic rings. The predicted molar refractivity (Wildman–Crippen MR) is 52.8 cm³/mol. The Balaban J connectivity index is 2.39. The minimum absolute atomic E-state index is 0.111. The van der Waals surface area contributed by atoms with E-state index in [2.05, 4.69) is 15.2 Å². The molecule has 0 aliphatic rings. The van der Waals surface area contributed by atoms with Gasteiger partial charge in [-0.3, -0.25) is 10.5 Å². The Labute approximate surface area is 80.5 Å². The maximum atomic E-state index is 7.16. The maximum Gasteiger partial charge on any atom is 0.191 e. The lowest BCUT2D eigenvalue weighted by Gasteiger charge is -1.91. The summed E-state index contributed by atoms with van der Waals surface area (Å²) in [6.07, 6.45) is 0. The summed E-state index contributed by atoms with van der Waals surface area (Å²) in [7, 11) is 0. The molecule has 0 radical (unpaired) electrons. The second kappa shape index (κ2) is 3.29. The van der Waals surface area contributed by atoms with Crippen LogP contribution in [0.5, 0.6) is 0 Å². The van der Waals surface area contributed by atoms with E-state index in [1.54, 1.807) is 0 Å². The average Bonchev–Trinajstić information content (AvgIpc) is 2.68. The van der Waals surface area contributed by atoms with Crippen LogP contribution in [-0.4, -0.2) is 21.0 Å². The number of benzene rings is 1. The van der Waals surface area contributed by atoms with Crippen LogP contribution in [0, 0.1) is 5.41 Å². The van der Waals surface area contributed by atoms with Crippen LogP contribution in [0.4, 0.5) is 0 Å². The summed E-state index contributed by atoms with van der Waals surface area (Å²) in [5.41, 5.74) is 6.15. The van der Waals surface area contributed by atoms with Crippen molar-refractivity contribution in [2.45, 2.75) is 0 Å². The molecule has 0 spiro atoms. The first-order valence-electron chi connectivity index (χ1n) is 4.09. The van der Waals surface area contributed by atoms with Gasteiger partial charge in [-0.05, 0) is 0 Å². The monoisotopic (exact) mass is 187 g/mol. The third-order valence-corrected chi connectivity index (χ3v) is 1.77. The Bertz CT molecular complexity index is 445. The molecule has 1 aromatic carbocycles. The Morgan fingerprint density at radius 1 is 1.29 bits per heavy atom. The van der Waals surface area contributed by atoms with Crippen molar-refractivity contribution >= 4 is 5.84 Å². The van der Waals surface area contributed by atoms with Crippen molar-refractivity contribution in [3.63, 3.8) is 0 Å². The molecule has 2 rings (SSSR count). The second-order valence-corrected chi connectivity index (χ2v) is 2.79. The van der Waals surface area contributed by atoms with Crippen LogP contribution in [0.2, 0.25) is 0 Å². The van der Waals surface area contributed by atoms with Crippen LogP contribution in [0.25, 0.3) is 11.4 Å². The van der Waals surface area contributed by atoms with E-state index < -0.39 is 0 Å². The molecule has 4 N–H and O–H groups in total. The number of nitrogens with zero attached hydrogens (tertiary/aromatic N) is 2. The first kappa shape index (κ1) is 8.43. The number of nitrogen functional groups attached to an aromatic ring is 1. The van der Waals surface area contributed by atoms with E-state index in [9.17, 15) is 0 Å². The van der Waals surface area contributed by atoms with Gasteiger partial charge in [-0.1, -0.05) is 30.3 Å². The molecule has 0 aliphatic carbocycles. The van der Waals surface area contributed by atoms with Gasteiger partial charge in [0.2, 0.25) is 0 Å². The highest BCUT2D eigenvalue weighted by Crippen LogP contribution is 2.12. The number of aromatic amines is 1. The van der Waals surface area contributed by atoms with E-state index >= 15 is 0 Å². The molecule has 5 heteroatoms. The van der Waals surface area contributed by atoms with E-state index in [0.29, 0.717) is 11.6 Å². The first-order valence-corrected chi connectivity index (χ1v) is 4.09. The molecule has 0 atom stereocenters. The third-order valence-electron chi connectivity index (χ3n) is 1.77. The fourth-order valence-corrected chi connectivity index (χ4v) is 1.10. The van der Waals surface area contributed by atoms with Gasteiger partial charge in [0, 0.05) is 5.56 Å². The Hall–Kier alpha value is -2.17. The van der Waals surface area contributed by atoms with Crippen LogP contribution in [0.15, 0.2) is 30.3 Å². The molecule has 0 saturated carbocycles. The van der Waals surface area contributed by atoms with Gasteiger partial charge in [-0.2, -0.15) is 5.10 Å². The Kier molecular flexibility index (Phi) is 1.98. The number of H-pyrrole nitrogens is 1. The van der Waals surface area contributed by atoms with Crippen molar-refractivity contribution in [1.82, 2.24) is 15.2 Å². The molecule has 5 nitrogen and oxygen atoms in total. The highest BCUT2D eigenvalue weighted by molar-refractivity contribution is 5.91. The van der Waals surface area contributed by atoms with Gasteiger partial charge < -0.3 is 5.73 Å². The smallest absolute Gasteiger partial charge is 0.191 e. The van der Waals surface area contributed by atoms with Crippen LogP contribution in [-0.2, 0) is 0 Å². The van der Waals surface area contributed by atoms with Gasteiger partial charge in [-0.15, -0.1) is 0 Å². The number of aromatic nitrogens is 3. The molecular weight excluding hydrogens is 178 g/mol. The van der Waals surface area contributed by atoms with Crippen molar-refractivity contribution in [2.75, 3.05) is 0 Å². The number of nitrogens with one attached hydrogen (secondary N) is 2. The summed E-state index contributed by atoms with van der Waals surface area (Å²) in [4.78, 5) is 4.06. The summed E-state index contributed by atoms with van der Waals surface area (Å²) < 4.78 is 0. The number of hydrogen-bond donors (Lipinski definition) is 3. The molecule has 0 bridgehead atoms. The zero-order valence-corrected chi connectivity index (χ0v) is 7.36. The highest BCUT2D eigenvalue weighted by Gasteiger charge is 2.06.